The highest BCUT2D eigenvalue weighted by molar-refractivity contribution is 5.83. The van der Waals surface area contributed by atoms with Crippen LogP contribution in [0.2, 0.25) is 0 Å². The summed E-state index contributed by atoms with van der Waals surface area (Å²) in [4.78, 5) is 6.91. The minimum atomic E-state index is 0. The maximum absolute atomic E-state index is 4.85. The minimum Gasteiger partial charge on any atom is -1.00 e. The molecule has 1 aromatic heterocycles. The Balaban J connectivity index is 0.00000245. The third kappa shape index (κ3) is 4.15. The summed E-state index contributed by atoms with van der Waals surface area (Å²) in [5.74, 6) is 0. The van der Waals surface area contributed by atoms with Crippen molar-refractivity contribution in [3.63, 3.8) is 0 Å². The van der Waals surface area contributed by atoms with Crippen molar-refractivity contribution in [2.45, 2.75) is 0 Å². The predicted molar refractivity (Wildman–Crippen MR) is 126 cm³/mol. The molecule has 5 nitrogen and oxygen atoms in total. The molecule has 6 heteroatoms. The monoisotopic (exact) mass is 439 g/mol. The summed E-state index contributed by atoms with van der Waals surface area (Å²) in [5, 5.41) is 8.91. The van der Waals surface area contributed by atoms with Crippen LogP contribution >= 0.6 is 0 Å². The molecule has 0 N–H and O–H groups in total. The van der Waals surface area contributed by atoms with Crippen LogP contribution in [0.3, 0.4) is 0 Å². The zero-order chi connectivity index (χ0) is 21.2. The zero-order valence-corrected chi connectivity index (χ0v) is 18.6. The van der Waals surface area contributed by atoms with E-state index in [1.54, 1.807) is 0 Å². The number of halogens is 1. The van der Waals surface area contributed by atoms with Gasteiger partial charge in [0.05, 0.1) is 11.4 Å². The Kier molecular flexibility index (Phi) is 6.10. The summed E-state index contributed by atoms with van der Waals surface area (Å²) in [6.07, 6.45) is 0. The number of anilines is 1. The molecule has 0 amide bonds. The van der Waals surface area contributed by atoms with E-state index < -0.39 is 0 Å². The van der Waals surface area contributed by atoms with Crippen molar-refractivity contribution in [3.05, 3.63) is 97.1 Å². The number of nitrogens with zero attached hydrogens (tertiary/aromatic N) is 5. The lowest BCUT2D eigenvalue weighted by Crippen LogP contribution is -3.00. The second-order valence-electron chi connectivity index (χ2n) is 7.56. The molecule has 0 unspecified atom stereocenters. The molecule has 0 saturated carbocycles. The molecule has 0 radical (unpaired) electrons. The highest BCUT2D eigenvalue weighted by atomic mass is 35.5. The van der Waals surface area contributed by atoms with Crippen molar-refractivity contribution >= 4 is 39.1 Å². The van der Waals surface area contributed by atoms with Crippen molar-refractivity contribution in [2.75, 3.05) is 19.0 Å². The summed E-state index contributed by atoms with van der Waals surface area (Å²) in [7, 11) is 4.04. The number of aromatic nitrogens is 2. The van der Waals surface area contributed by atoms with E-state index in [-0.39, 0.29) is 12.4 Å². The second-order valence-corrected chi connectivity index (χ2v) is 7.56. The van der Waals surface area contributed by atoms with Crippen molar-refractivity contribution < 1.29 is 17.0 Å². The van der Waals surface area contributed by atoms with Crippen LogP contribution in [0.15, 0.2) is 107 Å². The first kappa shape index (κ1) is 21.4. The van der Waals surface area contributed by atoms with E-state index >= 15 is 0 Å². The Morgan fingerprint density at radius 3 is 2.03 bits per heavy atom. The van der Waals surface area contributed by atoms with Gasteiger partial charge in [-0.3, -0.25) is 0 Å². The Labute approximate surface area is 193 Å². The first-order chi connectivity index (χ1) is 15.2. The molecule has 0 fully saturated rings. The predicted octanol–water partition coefficient (Wildman–Crippen LogP) is 3.15. The highest BCUT2D eigenvalue weighted by Gasteiger charge is 2.19. The molecular weight excluding hydrogens is 418 g/mol. The van der Waals surface area contributed by atoms with Gasteiger partial charge in [-0.05, 0) is 42.5 Å². The van der Waals surface area contributed by atoms with Crippen molar-refractivity contribution in [1.29, 1.82) is 0 Å². The Morgan fingerprint density at radius 1 is 0.656 bits per heavy atom. The van der Waals surface area contributed by atoms with Crippen LogP contribution in [-0.4, -0.2) is 19.1 Å². The Morgan fingerprint density at radius 2 is 1.28 bits per heavy atom. The summed E-state index contributed by atoms with van der Waals surface area (Å²) < 4.78 is 2.22. The molecule has 0 saturated heterocycles. The van der Waals surface area contributed by atoms with E-state index in [0.717, 1.165) is 44.8 Å². The van der Waals surface area contributed by atoms with Crippen LogP contribution in [0, 0.1) is 0 Å². The second kappa shape index (κ2) is 9.12. The normalized spacial score (nSPS) is 11.1. The fourth-order valence-corrected chi connectivity index (χ4v) is 3.64. The number of hydrogen-bond donors (Lipinski definition) is 0. The van der Waals surface area contributed by atoms with E-state index in [1.807, 2.05) is 93.0 Å². The van der Waals surface area contributed by atoms with Crippen molar-refractivity contribution in [3.8, 4) is 5.69 Å². The van der Waals surface area contributed by atoms with Crippen LogP contribution < -0.4 is 21.9 Å². The molecule has 0 aliphatic heterocycles. The van der Waals surface area contributed by atoms with E-state index in [1.165, 1.54) is 0 Å². The molecule has 0 spiro atoms. The van der Waals surface area contributed by atoms with Gasteiger partial charge >= 0.3 is 0 Å². The molecule has 0 bridgehead atoms. The lowest BCUT2D eigenvalue weighted by molar-refractivity contribution is -0.538. The number of rotatable bonds is 4. The lowest BCUT2D eigenvalue weighted by Gasteiger charge is -2.11. The van der Waals surface area contributed by atoms with Crippen LogP contribution in [0.4, 0.5) is 17.1 Å². The van der Waals surface area contributed by atoms with E-state index in [2.05, 4.69) is 37.9 Å². The maximum atomic E-state index is 4.85. The third-order valence-electron chi connectivity index (χ3n) is 5.22. The van der Waals surface area contributed by atoms with E-state index in [9.17, 15) is 0 Å². The smallest absolute Gasteiger partial charge is 0.239 e. The first-order valence-electron chi connectivity index (χ1n) is 10.2. The summed E-state index contributed by atoms with van der Waals surface area (Å²) in [6.45, 7) is 0. The molecule has 0 aliphatic carbocycles. The van der Waals surface area contributed by atoms with Crippen LogP contribution in [-0.2, 0) is 0 Å². The van der Waals surface area contributed by atoms with Gasteiger partial charge in [-0.25, -0.2) is 4.98 Å². The largest absolute Gasteiger partial charge is 1.00 e. The number of azo groups is 1. The van der Waals surface area contributed by atoms with Gasteiger partial charge in [-0.2, -0.15) is 10.2 Å². The molecule has 4 aromatic carbocycles. The molecule has 158 valence electrons. The molecule has 0 aliphatic rings. The number of para-hydroxylation sites is 3. The van der Waals surface area contributed by atoms with Gasteiger partial charge in [0.25, 0.3) is 0 Å². The quantitative estimate of drug-likeness (QED) is 0.245. The van der Waals surface area contributed by atoms with Crippen LogP contribution in [0.1, 0.15) is 0 Å². The van der Waals surface area contributed by atoms with Crippen LogP contribution in [0.5, 0.6) is 0 Å². The first-order valence-corrected chi connectivity index (χ1v) is 10.2. The van der Waals surface area contributed by atoms with Gasteiger partial charge in [0, 0.05) is 44.0 Å². The van der Waals surface area contributed by atoms with Gasteiger partial charge in [0.15, 0.2) is 0 Å². The molecule has 0 atom stereocenters. The zero-order valence-electron chi connectivity index (χ0n) is 17.9. The van der Waals surface area contributed by atoms with Gasteiger partial charge in [0.1, 0.15) is 11.0 Å². The fourth-order valence-electron chi connectivity index (χ4n) is 3.64. The van der Waals surface area contributed by atoms with E-state index in [0.29, 0.717) is 0 Å². The van der Waals surface area contributed by atoms with Gasteiger partial charge in [0.2, 0.25) is 16.7 Å². The van der Waals surface area contributed by atoms with Crippen LogP contribution in [0.25, 0.3) is 27.8 Å². The SMILES string of the molecule is CN(C)c1ccc(N=Nc2ccc3nc4ccccc4[n+](-c4ccccc4)c3c2)cc1.[Cl-]. The average molecular weight is 440 g/mol. The molecular formula is C26H22ClN5. The van der Waals surface area contributed by atoms with Gasteiger partial charge < -0.3 is 17.3 Å². The molecule has 5 rings (SSSR count). The summed E-state index contributed by atoms with van der Waals surface area (Å²) in [6, 6.07) is 32.5. The standard InChI is InChI=1S/C26H22N5.ClH/c1-30(2)21-15-12-19(13-16-21)28-29-20-14-17-24-26(18-20)31(22-8-4-3-5-9-22)25-11-7-6-10-23(25)27-24;/h3-18H,1-2H3;1H/q+1;/p-1. The topological polar surface area (TPSA) is 44.7 Å². The highest BCUT2D eigenvalue weighted by Crippen LogP contribution is 2.25. The van der Waals surface area contributed by atoms with Crippen molar-refractivity contribution in [2.24, 2.45) is 10.2 Å². The molecule has 1 heterocycles. The Hall–Kier alpha value is -3.83. The number of benzene rings is 4. The van der Waals surface area contributed by atoms with E-state index in [4.69, 9.17) is 4.98 Å². The summed E-state index contributed by atoms with van der Waals surface area (Å²) >= 11 is 0. The lowest BCUT2D eigenvalue weighted by atomic mass is 10.2. The van der Waals surface area contributed by atoms with Gasteiger partial charge in [-0.1, -0.05) is 30.3 Å². The molecule has 5 aromatic rings. The molecule has 32 heavy (non-hydrogen) atoms. The maximum Gasteiger partial charge on any atom is 0.239 e. The van der Waals surface area contributed by atoms with Gasteiger partial charge in [-0.15, -0.1) is 4.57 Å². The number of hydrogen-bond acceptors (Lipinski definition) is 4. The third-order valence-corrected chi connectivity index (χ3v) is 5.22. The van der Waals surface area contributed by atoms with Crippen molar-refractivity contribution in [1.82, 2.24) is 4.98 Å². The fraction of sp³-hybridized carbons (Fsp3) is 0.0769. The minimum absolute atomic E-state index is 0. The average Bonchev–Trinajstić information content (AvgIpc) is 2.82. The summed E-state index contributed by atoms with van der Waals surface area (Å²) in [5.41, 5.74) is 7.72. The Bertz CT molecular complexity index is 1400. The number of fused-ring (bicyclic) bond motifs is 2.